The molecule has 1 heterocycles. The summed E-state index contributed by atoms with van der Waals surface area (Å²) in [6.45, 7) is 18.6. The second-order valence-electron chi connectivity index (χ2n) is 22.9. The molecule has 458 valence electrons. The van der Waals surface area contributed by atoms with Crippen molar-refractivity contribution in [3.63, 3.8) is 0 Å². The first kappa shape index (κ1) is 72.1. The third-order valence-electron chi connectivity index (χ3n) is 13.5. The molecule has 1 fully saturated rings. The van der Waals surface area contributed by atoms with Crippen LogP contribution in [0.2, 0.25) is 0 Å². The summed E-state index contributed by atoms with van der Waals surface area (Å²) in [5.41, 5.74) is 0. The van der Waals surface area contributed by atoms with Gasteiger partial charge in [0.2, 0.25) is 53.2 Å². The lowest BCUT2D eigenvalue weighted by Gasteiger charge is -2.32. The number of rotatable bonds is 28. The zero-order chi connectivity index (χ0) is 61.0. The van der Waals surface area contributed by atoms with Gasteiger partial charge in [0.1, 0.15) is 60.5 Å². The molecule has 0 bridgehead atoms. The maximum Gasteiger partial charge on any atom is 0.328 e. The molecule has 12 atom stereocenters. The van der Waals surface area contributed by atoms with Gasteiger partial charge in [0.25, 0.3) is 0 Å². The Balaban J connectivity index is 4.03. The van der Waals surface area contributed by atoms with Crippen LogP contribution in [0, 0.1) is 29.6 Å². The molecule has 9 amide bonds. The molecular formula is C55H97N9O16. The zero-order valence-corrected chi connectivity index (χ0v) is 49.2. The number of cyclic esters (lactones) is 1. The van der Waals surface area contributed by atoms with Crippen molar-refractivity contribution in [3.05, 3.63) is 0 Å². The molecule has 1 aliphatic heterocycles. The smallest absolute Gasteiger partial charge is 0.328 e. The topological polar surface area (TPSA) is 386 Å². The molecule has 1 rings (SSSR count). The summed E-state index contributed by atoms with van der Waals surface area (Å²) in [5, 5.41) is 63.7. The summed E-state index contributed by atoms with van der Waals surface area (Å²) in [6.07, 6.45) is 0.971. The number of carboxylic acids is 1. The summed E-state index contributed by atoms with van der Waals surface area (Å²) in [5.74, 6) is -12.9. The highest BCUT2D eigenvalue weighted by molar-refractivity contribution is 5.99. The van der Waals surface area contributed by atoms with E-state index in [0.29, 0.717) is 12.8 Å². The van der Waals surface area contributed by atoms with Crippen LogP contribution in [0.4, 0.5) is 0 Å². The number of amides is 9. The van der Waals surface area contributed by atoms with Crippen molar-refractivity contribution in [2.24, 2.45) is 29.6 Å². The van der Waals surface area contributed by atoms with E-state index in [-0.39, 0.29) is 62.2 Å². The average Bonchev–Trinajstić information content (AvgIpc) is 3.36. The Kier molecular flexibility index (Phi) is 33.5. The minimum atomic E-state index is -1.95. The van der Waals surface area contributed by atoms with Crippen LogP contribution in [-0.2, 0) is 57.5 Å². The van der Waals surface area contributed by atoms with E-state index < -0.39 is 164 Å². The van der Waals surface area contributed by atoms with E-state index in [4.69, 9.17) is 4.74 Å². The van der Waals surface area contributed by atoms with E-state index in [1.54, 1.807) is 69.2 Å². The number of aliphatic carboxylic acids is 1. The molecule has 1 saturated heterocycles. The van der Waals surface area contributed by atoms with Crippen LogP contribution < -0.4 is 47.9 Å². The van der Waals surface area contributed by atoms with Crippen LogP contribution in [0.15, 0.2) is 0 Å². The highest BCUT2D eigenvalue weighted by atomic mass is 16.5. The molecule has 0 aliphatic carbocycles. The zero-order valence-electron chi connectivity index (χ0n) is 49.2. The van der Waals surface area contributed by atoms with Gasteiger partial charge >= 0.3 is 11.9 Å². The predicted molar refractivity (Wildman–Crippen MR) is 295 cm³/mol. The third-order valence-corrected chi connectivity index (χ3v) is 13.5. The summed E-state index contributed by atoms with van der Waals surface area (Å²) in [6, 6.07) is -14.1. The van der Waals surface area contributed by atoms with Crippen molar-refractivity contribution in [2.75, 3.05) is 13.2 Å². The van der Waals surface area contributed by atoms with Crippen molar-refractivity contribution < 1.29 is 77.9 Å². The summed E-state index contributed by atoms with van der Waals surface area (Å²) < 4.78 is 5.82. The molecule has 0 saturated carbocycles. The standard InChI is InChI=1S/C55H97N9O16/c1-13-15-16-17-18-19-35(67)26-43(68)56-37(22-29(3)4)48(72)57-36(20-21-44(69)70)47(71)64-46-34(12)80-55(79)40(25-32(9)10)60-52(76)42(28-66)62-49(73)38(23-30(5)6)58-51(75)41(27-65)61-50(74)39(24-31(7)8)59-53(77)45(33(11)14-2)63-54(46)78/h29-42,45-46,65-67H,13-28H2,1-12H3,(H,56,68)(H,57,72)(H,58,75)(H,59,77)(H,60,76)(H,61,74)(H,62,73)(H,63,78)(H,64,71)(H,69,70)/t33?,34?,35-,36+,37-,38-,39-,40-,41+,42+,45+,46+/m0/s1. The minimum Gasteiger partial charge on any atom is -0.481 e. The summed E-state index contributed by atoms with van der Waals surface area (Å²) in [4.78, 5) is 152. The lowest BCUT2D eigenvalue weighted by atomic mass is 9.96. The first-order valence-electron chi connectivity index (χ1n) is 28.5. The fraction of sp³-hybridized carbons (Fsp3) is 0.800. The van der Waals surface area contributed by atoms with Crippen LogP contribution >= 0.6 is 0 Å². The lowest BCUT2D eigenvalue weighted by molar-refractivity contribution is -0.157. The summed E-state index contributed by atoms with van der Waals surface area (Å²) in [7, 11) is 0. The fourth-order valence-electron chi connectivity index (χ4n) is 8.82. The van der Waals surface area contributed by atoms with Gasteiger partial charge in [-0.15, -0.1) is 0 Å². The van der Waals surface area contributed by atoms with Gasteiger partial charge in [-0.05, 0) is 75.0 Å². The molecule has 0 aromatic rings. The van der Waals surface area contributed by atoms with Gasteiger partial charge in [-0.3, -0.25) is 47.9 Å². The molecule has 1 aliphatic rings. The second-order valence-corrected chi connectivity index (χ2v) is 22.9. The van der Waals surface area contributed by atoms with Crippen molar-refractivity contribution in [1.29, 1.82) is 0 Å². The quantitative estimate of drug-likeness (QED) is 0.0374. The van der Waals surface area contributed by atoms with Crippen molar-refractivity contribution in [1.82, 2.24) is 47.9 Å². The molecule has 0 aromatic carbocycles. The Morgan fingerprint density at radius 1 is 0.562 bits per heavy atom. The van der Waals surface area contributed by atoms with Crippen LogP contribution in [0.25, 0.3) is 0 Å². The Morgan fingerprint density at radius 3 is 1.51 bits per heavy atom. The number of aliphatic hydroxyl groups is 3. The van der Waals surface area contributed by atoms with E-state index in [0.717, 1.165) is 25.7 Å². The predicted octanol–water partition coefficient (Wildman–Crippen LogP) is 0.486. The molecule has 25 heteroatoms. The van der Waals surface area contributed by atoms with Gasteiger partial charge in [-0.25, -0.2) is 4.79 Å². The fourth-order valence-corrected chi connectivity index (χ4v) is 8.82. The van der Waals surface area contributed by atoms with E-state index in [1.807, 2.05) is 0 Å². The van der Waals surface area contributed by atoms with Crippen LogP contribution in [-0.4, -0.2) is 165 Å². The lowest BCUT2D eigenvalue weighted by Crippen LogP contribution is -2.63. The van der Waals surface area contributed by atoms with Crippen LogP contribution in [0.5, 0.6) is 0 Å². The third kappa shape index (κ3) is 27.0. The van der Waals surface area contributed by atoms with Crippen molar-refractivity contribution >= 4 is 65.1 Å². The van der Waals surface area contributed by atoms with E-state index >= 15 is 0 Å². The number of carbonyl (C=O) groups excluding carboxylic acids is 10. The minimum absolute atomic E-state index is 0.00913. The summed E-state index contributed by atoms with van der Waals surface area (Å²) >= 11 is 0. The first-order chi connectivity index (χ1) is 37.5. The number of unbranched alkanes of at least 4 members (excludes halogenated alkanes) is 4. The number of aliphatic hydroxyl groups excluding tert-OH is 3. The Hall–Kier alpha value is -5.95. The van der Waals surface area contributed by atoms with Gasteiger partial charge in [0.05, 0.1) is 25.7 Å². The molecule has 80 heavy (non-hydrogen) atoms. The van der Waals surface area contributed by atoms with Gasteiger partial charge in [0, 0.05) is 6.42 Å². The first-order valence-corrected chi connectivity index (χ1v) is 28.5. The number of nitrogens with one attached hydrogen (secondary N) is 9. The van der Waals surface area contributed by atoms with Gasteiger partial charge in [-0.2, -0.15) is 0 Å². The molecular weight excluding hydrogens is 1040 g/mol. The van der Waals surface area contributed by atoms with Crippen molar-refractivity contribution in [2.45, 2.75) is 240 Å². The number of ether oxygens (including phenoxy) is 1. The number of hydrogen-bond donors (Lipinski definition) is 13. The Labute approximate surface area is 471 Å². The number of hydrogen-bond acceptors (Lipinski definition) is 15. The maximum atomic E-state index is 14.8. The average molecular weight is 1140 g/mol. The van der Waals surface area contributed by atoms with Gasteiger partial charge in [-0.1, -0.05) is 115 Å². The van der Waals surface area contributed by atoms with Crippen molar-refractivity contribution in [3.8, 4) is 0 Å². The number of carbonyl (C=O) groups is 11. The molecule has 25 nitrogen and oxygen atoms in total. The molecule has 0 radical (unpaired) electrons. The van der Waals surface area contributed by atoms with Gasteiger partial charge < -0.3 is 73.0 Å². The SMILES string of the molecule is CCCCCCC[C@H](O)CC(=O)N[C@@H](CC(C)C)C(=O)N[C@H](CCC(=O)O)C(=O)N[C@H]1C(=O)N[C@H](C(C)CC)C(=O)N[C@@H](CC(C)C)C(=O)N[C@H](CO)C(=O)N[C@@H](CC(C)C)C(=O)N[C@H](CO)C(=O)N[C@@H](CC(C)C)C(=O)OC1C. The Morgan fingerprint density at radius 2 is 1.04 bits per heavy atom. The largest absolute Gasteiger partial charge is 0.481 e. The molecule has 13 N–H and O–H groups in total. The molecule has 0 aromatic heterocycles. The van der Waals surface area contributed by atoms with E-state index in [9.17, 15) is 73.2 Å². The van der Waals surface area contributed by atoms with E-state index in [1.165, 1.54) is 6.92 Å². The highest BCUT2D eigenvalue weighted by Gasteiger charge is 2.40. The van der Waals surface area contributed by atoms with Crippen LogP contribution in [0.1, 0.15) is 173 Å². The number of esters is 1. The Bertz CT molecular complexity index is 2040. The second kappa shape index (κ2) is 37.1. The number of carboxylic acid groups (broad SMARTS) is 1. The highest BCUT2D eigenvalue weighted by Crippen LogP contribution is 2.17. The van der Waals surface area contributed by atoms with Gasteiger partial charge in [0.15, 0.2) is 0 Å². The molecule has 0 spiro atoms. The maximum absolute atomic E-state index is 14.8. The van der Waals surface area contributed by atoms with E-state index in [2.05, 4.69) is 54.8 Å². The van der Waals surface area contributed by atoms with Crippen LogP contribution in [0.3, 0.4) is 0 Å². The molecule has 2 unspecified atom stereocenters. The monoisotopic (exact) mass is 1140 g/mol. The normalized spacial score (nSPS) is 23.9.